The Morgan fingerprint density at radius 2 is 1.65 bits per heavy atom. The second-order valence-corrected chi connectivity index (χ2v) is 10.5. The summed E-state index contributed by atoms with van der Waals surface area (Å²) in [5, 5.41) is 9.06. The summed E-state index contributed by atoms with van der Waals surface area (Å²) in [4.78, 5) is 43.5. The number of benzene rings is 1. The van der Waals surface area contributed by atoms with Crippen molar-refractivity contribution >= 4 is 23.4 Å². The van der Waals surface area contributed by atoms with E-state index in [4.69, 9.17) is 14.7 Å². The second-order valence-electron chi connectivity index (χ2n) is 10.5. The van der Waals surface area contributed by atoms with Crippen molar-refractivity contribution in [2.24, 2.45) is 23.2 Å². The van der Waals surface area contributed by atoms with Gasteiger partial charge < -0.3 is 14.4 Å². The van der Waals surface area contributed by atoms with Crippen LogP contribution in [0, 0.1) is 34.5 Å². The topological polar surface area (TPSA) is 99.9 Å². The quantitative estimate of drug-likeness (QED) is 0.454. The summed E-state index contributed by atoms with van der Waals surface area (Å²) >= 11 is 0. The fraction of sp³-hybridized carbons (Fsp3) is 0.615. The van der Waals surface area contributed by atoms with Gasteiger partial charge in [-0.3, -0.25) is 14.4 Å². The fourth-order valence-electron chi connectivity index (χ4n) is 7.25. The highest BCUT2D eigenvalue weighted by atomic mass is 16.7. The predicted octanol–water partition coefficient (Wildman–Crippen LogP) is 2.85. The molecule has 1 saturated heterocycles. The number of methoxy groups -OCH3 is 2. The van der Waals surface area contributed by atoms with E-state index in [0.717, 1.165) is 24.2 Å². The number of nitriles is 1. The van der Waals surface area contributed by atoms with Gasteiger partial charge >= 0.3 is 0 Å². The zero-order valence-corrected chi connectivity index (χ0v) is 19.7. The van der Waals surface area contributed by atoms with Crippen molar-refractivity contribution in [2.45, 2.75) is 57.3 Å². The van der Waals surface area contributed by atoms with E-state index in [2.05, 4.69) is 0 Å². The number of rotatable bonds is 7. The molecule has 0 aromatic heterocycles. The number of amides is 3. The summed E-state index contributed by atoms with van der Waals surface area (Å²) in [5.41, 5.74) is 0.404. The minimum atomic E-state index is -0.892. The van der Waals surface area contributed by atoms with Crippen molar-refractivity contribution in [2.75, 3.05) is 25.7 Å². The molecule has 1 unspecified atom stereocenters. The van der Waals surface area contributed by atoms with E-state index in [1.807, 2.05) is 6.07 Å². The average Bonchev–Trinajstić information content (AvgIpc) is 3.12. The lowest BCUT2D eigenvalue weighted by molar-refractivity contribution is -0.172. The lowest BCUT2D eigenvalue weighted by Gasteiger charge is -2.57. The molecule has 34 heavy (non-hydrogen) atoms. The van der Waals surface area contributed by atoms with Crippen molar-refractivity contribution in [3.05, 3.63) is 29.8 Å². The van der Waals surface area contributed by atoms with Gasteiger partial charge in [0.2, 0.25) is 11.8 Å². The fourth-order valence-corrected chi connectivity index (χ4v) is 7.25. The smallest absolute Gasteiger partial charge is 0.257 e. The SMILES string of the molecule is COC(CN(C(=O)C12CC3CC(CC(C3)C1)C2)C1CC(=O)N(c2ccc(C#N)cc2)C1=O)OC. The lowest BCUT2D eigenvalue weighted by atomic mass is 9.49. The third-order valence-corrected chi connectivity index (χ3v) is 8.38. The van der Waals surface area contributed by atoms with Gasteiger partial charge in [0.15, 0.2) is 6.29 Å². The number of anilines is 1. The molecule has 4 aliphatic carbocycles. The van der Waals surface area contributed by atoms with Crippen LogP contribution in [-0.2, 0) is 23.9 Å². The number of nitrogens with zero attached hydrogens (tertiary/aromatic N) is 3. The molecule has 0 N–H and O–H groups in total. The summed E-state index contributed by atoms with van der Waals surface area (Å²) in [5.74, 6) is 0.933. The van der Waals surface area contributed by atoms with Crippen LogP contribution in [0.4, 0.5) is 5.69 Å². The molecular formula is C26H31N3O5. The van der Waals surface area contributed by atoms with Crippen molar-refractivity contribution in [3.63, 3.8) is 0 Å². The van der Waals surface area contributed by atoms with Gasteiger partial charge in [0.25, 0.3) is 5.91 Å². The van der Waals surface area contributed by atoms with E-state index in [9.17, 15) is 14.4 Å². The summed E-state index contributed by atoms with van der Waals surface area (Å²) in [6.45, 7) is 0.0957. The first-order valence-electron chi connectivity index (χ1n) is 12.1. The van der Waals surface area contributed by atoms with Crippen LogP contribution in [0.25, 0.3) is 0 Å². The van der Waals surface area contributed by atoms with E-state index < -0.39 is 23.7 Å². The molecule has 0 radical (unpaired) electrons. The normalized spacial score (nSPS) is 31.9. The standard InChI is InChI=1S/C26H31N3O5/c1-33-23(34-2)15-28(25(32)26-11-17-7-18(12-26)9-19(8-17)13-26)21-10-22(30)29(24(21)31)20-5-3-16(14-27)4-6-20/h3-6,17-19,21,23H,7-13,15H2,1-2H3. The number of ether oxygens (including phenoxy) is 2. The Bertz CT molecular complexity index is 991. The predicted molar refractivity (Wildman–Crippen MR) is 122 cm³/mol. The average molecular weight is 466 g/mol. The number of carbonyl (C=O) groups excluding carboxylic acids is 3. The number of imide groups is 1. The maximum Gasteiger partial charge on any atom is 0.257 e. The van der Waals surface area contributed by atoms with Gasteiger partial charge in [-0.25, -0.2) is 4.90 Å². The number of carbonyl (C=O) groups is 3. The molecule has 8 heteroatoms. The zero-order valence-electron chi connectivity index (χ0n) is 19.7. The molecule has 0 spiro atoms. The van der Waals surface area contributed by atoms with E-state index in [0.29, 0.717) is 29.0 Å². The Labute approximate surface area is 199 Å². The maximum absolute atomic E-state index is 14.2. The van der Waals surface area contributed by atoms with Crippen LogP contribution in [0.2, 0.25) is 0 Å². The largest absolute Gasteiger partial charge is 0.354 e. The number of hydrogen-bond donors (Lipinski definition) is 0. The molecule has 6 rings (SSSR count). The third-order valence-electron chi connectivity index (χ3n) is 8.38. The minimum Gasteiger partial charge on any atom is -0.354 e. The molecule has 1 atom stereocenters. The van der Waals surface area contributed by atoms with Gasteiger partial charge in [0.1, 0.15) is 6.04 Å². The molecule has 3 amide bonds. The first-order valence-corrected chi connectivity index (χ1v) is 12.1. The molecule has 8 nitrogen and oxygen atoms in total. The van der Waals surface area contributed by atoms with Gasteiger partial charge in [-0.05, 0) is 80.5 Å². The van der Waals surface area contributed by atoms with Crippen LogP contribution >= 0.6 is 0 Å². The highest BCUT2D eigenvalue weighted by Gasteiger charge is 2.57. The molecule has 4 bridgehead atoms. The van der Waals surface area contributed by atoms with Gasteiger partial charge in [-0.2, -0.15) is 5.26 Å². The molecule has 1 aliphatic heterocycles. The first-order chi connectivity index (χ1) is 16.4. The van der Waals surface area contributed by atoms with Gasteiger partial charge in [0.05, 0.1) is 35.7 Å². The Morgan fingerprint density at radius 1 is 1.09 bits per heavy atom. The van der Waals surface area contributed by atoms with Crippen molar-refractivity contribution in [3.8, 4) is 6.07 Å². The number of hydrogen-bond acceptors (Lipinski definition) is 6. The molecule has 180 valence electrons. The Morgan fingerprint density at radius 3 is 2.15 bits per heavy atom. The lowest BCUT2D eigenvalue weighted by Crippen LogP contribution is -2.59. The first kappa shape index (κ1) is 23.0. The van der Waals surface area contributed by atoms with Crippen molar-refractivity contribution in [1.82, 2.24) is 4.90 Å². The molecule has 1 heterocycles. The van der Waals surface area contributed by atoms with E-state index in [-0.39, 0.29) is 24.8 Å². The highest BCUT2D eigenvalue weighted by Crippen LogP contribution is 2.60. The molecule has 1 aromatic carbocycles. The van der Waals surface area contributed by atoms with Crippen LogP contribution in [0.15, 0.2) is 24.3 Å². The van der Waals surface area contributed by atoms with E-state index in [1.165, 1.54) is 33.5 Å². The molecule has 4 saturated carbocycles. The molecule has 5 fully saturated rings. The third kappa shape index (κ3) is 3.81. The van der Waals surface area contributed by atoms with Crippen LogP contribution in [-0.4, -0.2) is 55.7 Å². The molecule has 5 aliphatic rings. The van der Waals surface area contributed by atoms with Gasteiger partial charge in [-0.1, -0.05) is 0 Å². The Kier molecular flexibility index (Phi) is 5.95. The van der Waals surface area contributed by atoms with Crippen LogP contribution < -0.4 is 4.90 Å². The zero-order chi connectivity index (χ0) is 24.0. The Hall–Kier alpha value is -2.76. The molecule has 1 aromatic rings. The van der Waals surface area contributed by atoms with Crippen molar-refractivity contribution in [1.29, 1.82) is 5.26 Å². The Balaban J connectivity index is 1.45. The summed E-state index contributed by atoms with van der Waals surface area (Å²) < 4.78 is 10.8. The summed E-state index contributed by atoms with van der Waals surface area (Å²) in [6, 6.07) is 7.48. The van der Waals surface area contributed by atoms with E-state index in [1.54, 1.807) is 29.2 Å². The second kappa shape index (κ2) is 8.79. The maximum atomic E-state index is 14.2. The monoisotopic (exact) mass is 465 g/mol. The minimum absolute atomic E-state index is 0.0291. The van der Waals surface area contributed by atoms with Crippen LogP contribution in [0.5, 0.6) is 0 Å². The van der Waals surface area contributed by atoms with Crippen LogP contribution in [0.3, 0.4) is 0 Å². The van der Waals surface area contributed by atoms with Gasteiger partial charge in [-0.15, -0.1) is 0 Å². The van der Waals surface area contributed by atoms with E-state index >= 15 is 0 Å². The van der Waals surface area contributed by atoms with Crippen LogP contribution in [0.1, 0.15) is 50.5 Å². The highest BCUT2D eigenvalue weighted by molar-refractivity contribution is 6.23. The van der Waals surface area contributed by atoms with Crippen molar-refractivity contribution < 1.29 is 23.9 Å². The molecular weight excluding hydrogens is 434 g/mol. The summed E-state index contributed by atoms with van der Waals surface area (Å²) in [6.07, 6.45) is 5.46. The summed E-state index contributed by atoms with van der Waals surface area (Å²) in [7, 11) is 3.01. The van der Waals surface area contributed by atoms with Gasteiger partial charge in [0, 0.05) is 14.2 Å².